The van der Waals surface area contributed by atoms with E-state index in [0.717, 1.165) is 16.0 Å². The minimum Gasteiger partial charge on any atom is -0.350 e. The van der Waals surface area contributed by atoms with Crippen molar-refractivity contribution in [2.24, 2.45) is 0 Å². The largest absolute Gasteiger partial charge is 0.350 e. The van der Waals surface area contributed by atoms with Gasteiger partial charge in [-0.1, -0.05) is 6.07 Å². The Labute approximate surface area is 151 Å². The molecule has 1 unspecified atom stereocenters. The minimum absolute atomic E-state index is 0.0393. The zero-order chi connectivity index (χ0) is 17.5. The lowest BCUT2D eigenvalue weighted by Gasteiger charge is -2.17. The number of hydrogen-bond acceptors (Lipinski definition) is 5. The first-order chi connectivity index (χ1) is 12.2. The molecule has 0 bridgehead atoms. The van der Waals surface area contributed by atoms with Crippen molar-refractivity contribution in [3.05, 3.63) is 82.1 Å². The van der Waals surface area contributed by atoms with Gasteiger partial charge in [-0.05, 0) is 48.4 Å². The molecule has 0 saturated carbocycles. The lowest BCUT2D eigenvalue weighted by molar-refractivity contribution is -0.123. The molecule has 1 amide bonds. The van der Waals surface area contributed by atoms with Crippen molar-refractivity contribution in [1.29, 1.82) is 0 Å². The van der Waals surface area contributed by atoms with Crippen molar-refractivity contribution in [2.75, 3.05) is 0 Å². The van der Waals surface area contributed by atoms with Crippen LogP contribution in [0.2, 0.25) is 0 Å². The predicted molar refractivity (Wildman–Crippen MR) is 99.0 cm³/mol. The van der Waals surface area contributed by atoms with Gasteiger partial charge < -0.3 is 5.32 Å². The summed E-state index contributed by atoms with van der Waals surface area (Å²) in [5, 5.41) is 6.35. The first kappa shape index (κ1) is 17.3. The van der Waals surface area contributed by atoms with Gasteiger partial charge in [0.1, 0.15) is 6.04 Å². The van der Waals surface area contributed by atoms with Crippen LogP contribution in [-0.4, -0.2) is 15.9 Å². The number of carbonyl (C=O) groups is 1. The van der Waals surface area contributed by atoms with Crippen LogP contribution in [0, 0.1) is 6.92 Å². The SMILES string of the molecule is Cc1ccc(C(NCc2cccnc2)C(=O)NCc2ccncc2)s1. The highest BCUT2D eigenvalue weighted by Crippen LogP contribution is 2.23. The van der Waals surface area contributed by atoms with E-state index in [0.29, 0.717) is 13.1 Å². The number of hydrogen-bond donors (Lipinski definition) is 2. The summed E-state index contributed by atoms with van der Waals surface area (Å²) in [6.07, 6.45) is 6.99. The van der Waals surface area contributed by atoms with E-state index in [1.807, 2.05) is 43.3 Å². The molecule has 0 saturated heterocycles. The van der Waals surface area contributed by atoms with Crippen LogP contribution in [0.3, 0.4) is 0 Å². The Balaban J connectivity index is 1.68. The number of carbonyl (C=O) groups excluding carboxylic acids is 1. The van der Waals surface area contributed by atoms with E-state index in [2.05, 4.69) is 20.6 Å². The van der Waals surface area contributed by atoms with Crippen molar-refractivity contribution in [3.8, 4) is 0 Å². The van der Waals surface area contributed by atoms with Crippen LogP contribution in [0.4, 0.5) is 0 Å². The van der Waals surface area contributed by atoms with Gasteiger partial charge in [0, 0.05) is 47.6 Å². The van der Waals surface area contributed by atoms with E-state index in [-0.39, 0.29) is 11.9 Å². The highest BCUT2D eigenvalue weighted by molar-refractivity contribution is 7.12. The lowest BCUT2D eigenvalue weighted by atomic mass is 10.2. The molecular weight excluding hydrogens is 332 g/mol. The van der Waals surface area contributed by atoms with Crippen molar-refractivity contribution < 1.29 is 4.79 Å². The Hall–Kier alpha value is -2.57. The molecule has 0 fully saturated rings. The van der Waals surface area contributed by atoms with E-state index in [4.69, 9.17) is 0 Å². The molecule has 128 valence electrons. The van der Waals surface area contributed by atoms with E-state index < -0.39 is 0 Å². The van der Waals surface area contributed by atoms with Gasteiger partial charge in [-0.2, -0.15) is 0 Å². The fraction of sp³-hybridized carbons (Fsp3) is 0.211. The number of aromatic nitrogens is 2. The molecular formula is C19H20N4OS. The number of aryl methyl sites for hydroxylation is 1. The van der Waals surface area contributed by atoms with Gasteiger partial charge in [-0.25, -0.2) is 0 Å². The fourth-order valence-corrected chi connectivity index (χ4v) is 3.40. The molecule has 25 heavy (non-hydrogen) atoms. The van der Waals surface area contributed by atoms with Crippen LogP contribution in [0.1, 0.15) is 26.9 Å². The van der Waals surface area contributed by atoms with Crippen LogP contribution in [0.15, 0.2) is 61.2 Å². The van der Waals surface area contributed by atoms with Gasteiger partial charge in [0.25, 0.3) is 0 Å². The molecule has 5 nitrogen and oxygen atoms in total. The number of rotatable bonds is 7. The van der Waals surface area contributed by atoms with E-state index in [9.17, 15) is 4.79 Å². The second kappa shape index (κ2) is 8.50. The average Bonchev–Trinajstić information content (AvgIpc) is 3.08. The summed E-state index contributed by atoms with van der Waals surface area (Å²) in [5.41, 5.74) is 2.07. The Morgan fingerprint density at radius 3 is 2.56 bits per heavy atom. The van der Waals surface area contributed by atoms with E-state index in [1.54, 1.807) is 36.1 Å². The summed E-state index contributed by atoms with van der Waals surface area (Å²) in [5.74, 6) is -0.0393. The molecule has 6 heteroatoms. The first-order valence-corrected chi connectivity index (χ1v) is 8.89. The van der Waals surface area contributed by atoms with Crippen LogP contribution in [0.5, 0.6) is 0 Å². The first-order valence-electron chi connectivity index (χ1n) is 8.07. The van der Waals surface area contributed by atoms with E-state index in [1.165, 1.54) is 4.88 Å². The normalized spacial score (nSPS) is 11.9. The van der Waals surface area contributed by atoms with Gasteiger partial charge >= 0.3 is 0 Å². The molecule has 3 heterocycles. The predicted octanol–water partition coefficient (Wildman–Crippen LogP) is 2.99. The smallest absolute Gasteiger partial charge is 0.242 e. The van der Waals surface area contributed by atoms with Crippen molar-refractivity contribution in [1.82, 2.24) is 20.6 Å². The zero-order valence-electron chi connectivity index (χ0n) is 14.0. The second-order valence-electron chi connectivity index (χ2n) is 5.70. The molecule has 2 N–H and O–H groups in total. The lowest BCUT2D eigenvalue weighted by Crippen LogP contribution is -2.36. The monoisotopic (exact) mass is 352 g/mol. The molecule has 3 aromatic heterocycles. The summed E-state index contributed by atoms with van der Waals surface area (Å²) in [6, 6.07) is 11.3. The average molecular weight is 352 g/mol. The summed E-state index contributed by atoms with van der Waals surface area (Å²) >= 11 is 1.63. The Morgan fingerprint density at radius 1 is 1.04 bits per heavy atom. The molecule has 0 aliphatic carbocycles. The zero-order valence-corrected chi connectivity index (χ0v) is 14.8. The topological polar surface area (TPSA) is 66.9 Å². The van der Waals surface area contributed by atoms with Crippen molar-refractivity contribution in [2.45, 2.75) is 26.1 Å². The minimum atomic E-state index is -0.388. The number of pyridine rings is 2. The maximum absolute atomic E-state index is 12.7. The highest BCUT2D eigenvalue weighted by Gasteiger charge is 2.21. The Bertz CT molecular complexity index is 805. The summed E-state index contributed by atoms with van der Waals surface area (Å²) < 4.78 is 0. The molecule has 0 aliphatic rings. The van der Waals surface area contributed by atoms with Gasteiger partial charge in [0.05, 0.1) is 0 Å². The Kier molecular flexibility index (Phi) is 5.87. The third kappa shape index (κ3) is 4.95. The van der Waals surface area contributed by atoms with Gasteiger partial charge in [0.2, 0.25) is 5.91 Å². The standard InChI is InChI=1S/C19H20N4OS/c1-14-4-5-17(25-14)18(22-13-16-3-2-8-21-11-16)19(24)23-12-15-6-9-20-10-7-15/h2-11,18,22H,12-13H2,1H3,(H,23,24). The third-order valence-electron chi connectivity index (χ3n) is 3.76. The van der Waals surface area contributed by atoms with Crippen molar-refractivity contribution in [3.63, 3.8) is 0 Å². The molecule has 0 aromatic carbocycles. The molecule has 3 aromatic rings. The van der Waals surface area contributed by atoms with Crippen LogP contribution in [0.25, 0.3) is 0 Å². The van der Waals surface area contributed by atoms with Gasteiger partial charge in [-0.15, -0.1) is 11.3 Å². The summed E-state index contributed by atoms with van der Waals surface area (Å²) in [4.78, 5) is 23.1. The molecule has 0 aliphatic heterocycles. The van der Waals surface area contributed by atoms with Gasteiger partial charge in [-0.3, -0.25) is 20.1 Å². The van der Waals surface area contributed by atoms with Crippen molar-refractivity contribution >= 4 is 17.2 Å². The van der Waals surface area contributed by atoms with E-state index >= 15 is 0 Å². The summed E-state index contributed by atoms with van der Waals surface area (Å²) in [6.45, 7) is 3.11. The quantitative estimate of drug-likeness (QED) is 0.686. The molecule has 1 atom stereocenters. The van der Waals surface area contributed by atoms with Crippen LogP contribution < -0.4 is 10.6 Å². The second-order valence-corrected chi connectivity index (χ2v) is 7.02. The Morgan fingerprint density at radius 2 is 1.88 bits per heavy atom. The van der Waals surface area contributed by atoms with Crippen LogP contribution in [-0.2, 0) is 17.9 Å². The number of nitrogens with zero attached hydrogens (tertiary/aromatic N) is 2. The maximum atomic E-state index is 12.7. The van der Waals surface area contributed by atoms with Crippen LogP contribution >= 0.6 is 11.3 Å². The molecule has 0 spiro atoms. The third-order valence-corrected chi connectivity index (χ3v) is 4.82. The van der Waals surface area contributed by atoms with Gasteiger partial charge in [0.15, 0.2) is 0 Å². The number of nitrogens with one attached hydrogen (secondary N) is 2. The highest BCUT2D eigenvalue weighted by atomic mass is 32.1. The number of thiophene rings is 1. The molecule has 3 rings (SSSR count). The fourth-order valence-electron chi connectivity index (χ4n) is 2.45. The maximum Gasteiger partial charge on any atom is 0.242 e. The number of amides is 1. The summed E-state index contributed by atoms with van der Waals surface area (Å²) in [7, 11) is 0. The molecule has 0 radical (unpaired) electrons.